The van der Waals surface area contributed by atoms with E-state index in [0.29, 0.717) is 36.7 Å². The van der Waals surface area contributed by atoms with Crippen LogP contribution in [0, 0.1) is 11.3 Å². The van der Waals surface area contributed by atoms with Gasteiger partial charge in [0.1, 0.15) is 0 Å². The second-order valence-corrected chi connectivity index (χ2v) is 8.42. The fourth-order valence-corrected chi connectivity index (χ4v) is 4.71. The van der Waals surface area contributed by atoms with Crippen molar-refractivity contribution in [1.29, 1.82) is 5.26 Å². The molecule has 0 bridgehead atoms. The molecule has 0 saturated carbocycles. The molecule has 2 aromatic carbocycles. The Hall–Kier alpha value is -2.79. The highest BCUT2D eigenvalue weighted by Gasteiger charge is 2.18. The van der Waals surface area contributed by atoms with Crippen LogP contribution in [0.3, 0.4) is 0 Å². The molecule has 0 unspecified atom stereocenters. The van der Waals surface area contributed by atoms with Crippen molar-refractivity contribution in [2.75, 3.05) is 19.5 Å². The first-order valence-corrected chi connectivity index (χ1v) is 11.2. The maximum absolute atomic E-state index is 13.1. The van der Waals surface area contributed by atoms with Crippen molar-refractivity contribution in [3.63, 3.8) is 0 Å². The van der Waals surface area contributed by atoms with Crippen LogP contribution >= 0.6 is 23.4 Å². The Morgan fingerprint density at radius 2 is 2.06 bits per heavy atom. The van der Waals surface area contributed by atoms with E-state index in [4.69, 9.17) is 26.6 Å². The third-order valence-corrected chi connectivity index (χ3v) is 6.29. The molecule has 6 nitrogen and oxygen atoms in total. The average Bonchev–Trinajstić information content (AvgIpc) is 3.32. The lowest BCUT2D eigenvalue weighted by molar-refractivity contribution is 0.102. The van der Waals surface area contributed by atoms with Crippen molar-refractivity contribution >= 4 is 51.1 Å². The summed E-state index contributed by atoms with van der Waals surface area (Å²) in [5, 5.41) is 11.2. The number of nitriles is 1. The monoisotopic (exact) mass is 452 g/mol. The molecule has 0 N–H and O–H groups in total. The molecule has 4 rings (SSSR count). The number of ether oxygens (including phenoxy) is 1. The van der Waals surface area contributed by atoms with Gasteiger partial charge in [0, 0.05) is 47.9 Å². The molecule has 0 radical (unpaired) electrons. The van der Waals surface area contributed by atoms with E-state index in [0.717, 1.165) is 27.1 Å². The van der Waals surface area contributed by atoms with E-state index in [1.807, 2.05) is 53.2 Å². The van der Waals surface area contributed by atoms with E-state index in [9.17, 15) is 4.79 Å². The number of thioether (sulfide) groups is 1. The summed E-state index contributed by atoms with van der Waals surface area (Å²) in [7, 11) is 1.66. The van der Waals surface area contributed by atoms with Crippen molar-refractivity contribution in [3.05, 3.63) is 59.2 Å². The predicted octanol–water partition coefficient (Wildman–Crippen LogP) is 5.18. The number of hydrogen-bond acceptors (Lipinski definition) is 5. The molecule has 0 saturated heterocycles. The summed E-state index contributed by atoms with van der Waals surface area (Å²) >= 11 is 7.54. The van der Waals surface area contributed by atoms with Crippen molar-refractivity contribution in [1.82, 2.24) is 14.1 Å². The number of benzene rings is 2. The summed E-state index contributed by atoms with van der Waals surface area (Å²) in [6.07, 6.45) is 2.26. The summed E-state index contributed by atoms with van der Waals surface area (Å²) < 4.78 is 9.28. The summed E-state index contributed by atoms with van der Waals surface area (Å²) in [6.45, 7) is 1.74. The maximum Gasteiger partial charge on any atom is 0.175 e. The maximum atomic E-state index is 13.1. The molecular weight excluding hydrogens is 432 g/mol. The predicted molar refractivity (Wildman–Crippen MR) is 124 cm³/mol. The number of nitrogens with zero attached hydrogens (tertiary/aromatic N) is 4. The largest absolute Gasteiger partial charge is 0.383 e. The lowest BCUT2D eigenvalue weighted by atomic mass is 10.1. The quantitative estimate of drug-likeness (QED) is 0.258. The van der Waals surface area contributed by atoms with Crippen molar-refractivity contribution < 1.29 is 9.53 Å². The number of carbonyl (C=O) groups is 1. The van der Waals surface area contributed by atoms with E-state index in [2.05, 4.69) is 10.6 Å². The zero-order valence-electron chi connectivity index (χ0n) is 17.0. The molecule has 8 heteroatoms. The minimum absolute atomic E-state index is 0.0280. The molecule has 2 heterocycles. The van der Waals surface area contributed by atoms with E-state index in [-0.39, 0.29) is 11.5 Å². The molecule has 0 aliphatic rings. The Labute approximate surface area is 189 Å². The molecule has 158 valence electrons. The normalized spacial score (nSPS) is 11.3. The van der Waals surface area contributed by atoms with Gasteiger partial charge in [0.05, 0.1) is 35.9 Å². The van der Waals surface area contributed by atoms with Crippen LogP contribution in [0.1, 0.15) is 16.8 Å². The molecular formula is C23H21ClN4O2S. The molecule has 0 aliphatic carbocycles. The molecule has 0 aliphatic heterocycles. The summed E-state index contributed by atoms with van der Waals surface area (Å²) in [5.41, 5.74) is 3.40. The van der Waals surface area contributed by atoms with Crippen LogP contribution in [-0.4, -0.2) is 39.4 Å². The Morgan fingerprint density at radius 1 is 1.23 bits per heavy atom. The highest BCUT2D eigenvalue weighted by molar-refractivity contribution is 7.99. The van der Waals surface area contributed by atoms with Crippen LogP contribution in [0.5, 0.6) is 0 Å². The number of aromatic nitrogens is 3. The van der Waals surface area contributed by atoms with E-state index >= 15 is 0 Å². The Morgan fingerprint density at radius 3 is 2.87 bits per heavy atom. The second kappa shape index (κ2) is 9.56. The van der Waals surface area contributed by atoms with Gasteiger partial charge in [-0.15, -0.1) is 0 Å². The van der Waals surface area contributed by atoms with Gasteiger partial charge in [0.15, 0.2) is 10.9 Å². The number of imidazole rings is 1. The lowest BCUT2D eigenvalue weighted by Gasteiger charge is -2.08. The van der Waals surface area contributed by atoms with Gasteiger partial charge >= 0.3 is 0 Å². The van der Waals surface area contributed by atoms with Gasteiger partial charge in [-0.3, -0.25) is 4.79 Å². The second-order valence-electron chi connectivity index (χ2n) is 7.05. The zero-order chi connectivity index (χ0) is 21.8. The van der Waals surface area contributed by atoms with E-state index in [1.54, 1.807) is 7.11 Å². The van der Waals surface area contributed by atoms with Crippen LogP contribution in [0.2, 0.25) is 5.02 Å². The Balaban J connectivity index is 1.60. The third-order valence-electron chi connectivity index (χ3n) is 5.08. The topological polar surface area (TPSA) is 72.8 Å². The number of Topliss-reactive ketones (excluding diaryl/α,β-unsaturated/α-hetero) is 1. The fourth-order valence-electron chi connectivity index (χ4n) is 3.62. The van der Waals surface area contributed by atoms with Crippen LogP contribution in [0.4, 0.5) is 0 Å². The van der Waals surface area contributed by atoms with Crippen LogP contribution in [0.15, 0.2) is 53.8 Å². The van der Waals surface area contributed by atoms with Gasteiger partial charge < -0.3 is 13.9 Å². The van der Waals surface area contributed by atoms with Gasteiger partial charge in [0.2, 0.25) is 0 Å². The molecule has 0 fully saturated rings. The van der Waals surface area contributed by atoms with Crippen LogP contribution in [0.25, 0.3) is 21.9 Å². The number of para-hydroxylation sites is 1. The Bertz CT molecular complexity index is 1290. The number of ketones is 1. The highest BCUT2D eigenvalue weighted by atomic mass is 35.5. The van der Waals surface area contributed by atoms with Crippen molar-refractivity contribution in [2.45, 2.75) is 24.7 Å². The lowest BCUT2D eigenvalue weighted by Crippen LogP contribution is -2.07. The number of carbonyl (C=O) groups excluding carboxylic acids is 1. The molecule has 4 aromatic rings. The average molecular weight is 453 g/mol. The summed E-state index contributed by atoms with van der Waals surface area (Å²) in [6, 6.07) is 15.6. The minimum Gasteiger partial charge on any atom is -0.383 e. The molecule has 2 aromatic heterocycles. The molecule has 0 amide bonds. The molecule has 0 spiro atoms. The third kappa shape index (κ3) is 4.47. The number of hydrogen-bond donors (Lipinski definition) is 0. The SMILES string of the molecule is COCCn1c(SCC(=O)c2cn(CCC#N)c3ccccc23)nc2cc(Cl)ccc21. The number of rotatable bonds is 9. The van der Waals surface area contributed by atoms with Crippen LogP contribution in [-0.2, 0) is 17.8 Å². The molecule has 31 heavy (non-hydrogen) atoms. The van der Waals surface area contributed by atoms with Crippen molar-refractivity contribution in [3.8, 4) is 6.07 Å². The zero-order valence-corrected chi connectivity index (χ0v) is 18.6. The summed E-state index contributed by atoms with van der Waals surface area (Å²) in [5.74, 6) is 0.288. The van der Waals surface area contributed by atoms with Gasteiger partial charge in [-0.25, -0.2) is 4.98 Å². The van der Waals surface area contributed by atoms with Gasteiger partial charge in [-0.2, -0.15) is 5.26 Å². The van der Waals surface area contributed by atoms with E-state index < -0.39 is 0 Å². The smallest absolute Gasteiger partial charge is 0.175 e. The van der Waals surface area contributed by atoms with Crippen molar-refractivity contribution in [2.24, 2.45) is 0 Å². The standard InChI is InChI=1S/C23H21ClN4O2S/c1-30-12-11-28-21-8-7-16(24)13-19(21)26-23(28)31-15-22(29)18-14-27(10-4-9-25)20-6-3-2-5-17(18)20/h2-3,5-8,13-14H,4,10-12,15H2,1H3. The van der Waals surface area contributed by atoms with Gasteiger partial charge in [-0.05, 0) is 24.3 Å². The van der Waals surface area contributed by atoms with E-state index in [1.165, 1.54) is 11.8 Å². The summed E-state index contributed by atoms with van der Waals surface area (Å²) in [4.78, 5) is 17.8. The number of methoxy groups -OCH3 is 1. The van der Waals surface area contributed by atoms with Gasteiger partial charge in [0.25, 0.3) is 0 Å². The fraction of sp³-hybridized carbons (Fsp3) is 0.261. The Kier molecular flexibility index (Phi) is 6.62. The number of fused-ring (bicyclic) bond motifs is 2. The minimum atomic E-state index is 0.0280. The molecule has 0 atom stereocenters. The first kappa shape index (κ1) is 21.4. The first-order chi connectivity index (χ1) is 15.1. The van der Waals surface area contributed by atoms with Crippen LogP contribution < -0.4 is 0 Å². The highest BCUT2D eigenvalue weighted by Crippen LogP contribution is 2.28. The number of aryl methyl sites for hydroxylation is 1. The van der Waals surface area contributed by atoms with Gasteiger partial charge in [-0.1, -0.05) is 41.6 Å². The number of halogens is 1. The first-order valence-electron chi connectivity index (χ1n) is 9.88.